The molecule has 1 aromatic heterocycles. The molecule has 3 rings (SSSR count). The number of amides is 1. The molecule has 152 valence electrons. The fourth-order valence-electron chi connectivity index (χ4n) is 3.38. The lowest BCUT2D eigenvalue weighted by Gasteiger charge is -2.35. The molecule has 1 saturated carbocycles. The molecular weight excluding hydrogens is 399 g/mol. The van der Waals surface area contributed by atoms with Gasteiger partial charge in [0, 0.05) is 24.5 Å². The van der Waals surface area contributed by atoms with Crippen molar-refractivity contribution < 1.29 is 27.4 Å². The maximum atomic E-state index is 12.6. The van der Waals surface area contributed by atoms with Gasteiger partial charge in [0.05, 0.1) is 18.7 Å². The number of benzene rings is 1. The van der Waals surface area contributed by atoms with Crippen molar-refractivity contribution in [1.29, 1.82) is 0 Å². The van der Waals surface area contributed by atoms with Crippen LogP contribution in [0.15, 0.2) is 18.5 Å². The summed E-state index contributed by atoms with van der Waals surface area (Å²) in [5, 5.41) is 0.901. The number of nitrogens with zero attached hydrogens (tertiary/aromatic N) is 3. The van der Waals surface area contributed by atoms with Gasteiger partial charge in [0.2, 0.25) is 0 Å². The fourth-order valence-corrected chi connectivity index (χ4v) is 3.57. The van der Waals surface area contributed by atoms with Crippen LogP contribution in [-0.4, -0.2) is 53.3 Å². The molecule has 10 heteroatoms. The average molecular weight is 418 g/mol. The molecule has 0 N–H and O–H groups in total. The summed E-state index contributed by atoms with van der Waals surface area (Å²) in [5.41, 5.74) is 0.611. The van der Waals surface area contributed by atoms with E-state index >= 15 is 0 Å². The molecule has 1 fully saturated rings. The van der Waals surface area contributed by atoms with Crippen molar-refractivity contribution in [3.05, 3.63) is 23.6 Å². The first-order valence-corrected chi connectivity index (χ1v) is 9.07. The summed E-state index contributed by atoms with van der Waals surface area (Å²) in [7, 11) is 2.70. The molecule has 1 heterocycles. The lowest BCUT2D eigenvalue weighted by atomic mass is 9.92. The van der Waals surface area contributed by atoms with E-state index in [-0.39, 0.29) is 11.3 Å². The molecule has 1 amide bonds. The van der Waals surface area contributed by atoms with E-state index in [1.807, 2.05) is 0 Å². The van der Waals surface area contributed by atoms with Gasteiger partial charge in [0.1, 0.15) is 11.5 Å². The molecule has 0 spiro atoms. The lowest BCUT2D eigenvalue weighted by molar-refractivity contribution is -0.187. The first kappa shape index (κ1) is 20.4. The van der Waals surface area contributed by atoms with Gasteiger partial charge in [-0.15, -0.1) is 0 Å². The largest absolute Gasteiger partial charge is 0.493 e. The van der Waals surface area contributed by atoms with E-state index in [0.717, 1.165) is 4.90 Å². The summed E-state index contributed by atoms with van der Waals surface area (Å²) >= 11 is 6.11. The zero-order chi connectivity index (χ0) is 20.5. The number of hydrogen-bond donors (Lipinski definition) is 0. The van der Waals surface area contributed by atoms with Gasteiger partial charge in [-0.1, -0.05) is 11.6 Å². The summed E-state index contributed by atoms with van der Waals surface area (Å²) in [4.78, 5) is 20.3. The average Bonchev–Trinajstić information content (AvgIpc) is 2.67. The van der Waals surface area contributed by atoms with Crippen LogP contribution in [0.1, 0.15) is 25.7 Å². The summed E-state index contributed by atoms with van der Waals surface area (Å²) < 4.78 is 49.2. The smallest absolute Gasteiger partial charge is 0.471 e. The van der Waals surface area contributed by atoms with Crippen LogP contribution in [0.3, 0.4) is 0 Å². The van der Waals surface area contributed by atoms with Crippen LogP contribution < -0.4 is 9.47 Å². The number of ether oxygens (including phenoxy) is 2. The van der Waals surface area contributed by atoms with Crippen LogP contribution in [0.4, 0.5) is 13.2 Å². The van der Waals surface area contributed by atoms with Crippen molar-refractivity contribution >= 4 is 28.4 Å². The zero-order valence-corrected chi connectivity index (χ0v) is 16.0. The lowest BCUT2D eigenvalue weighted by Crippen LogP contribution is -2.46. The van der Waals surface area contributed by atoms with Crippen molar-refractivity contribution in [3.63, 3.8) is 0 Å². The van der Waals surface area contributed by atoms with E-state index in [0.29, 0.717) is 48.1 Å². The Kier molecular flexibility index (Phi) is 5.83. The number of hydrogen-bond acceptors (Lipinski definition) is 5. The van der Waals surface area contributed by atoms with Crippen LogP contribution in [0.2, 0.25) is 5.15 Å². The molecule has 1 aliphatic carbocycles. The van der Waals surface area contributed by atoms with E-state index in [1.54, 1.807) is 12.1 Å². The Labute approximate surface area is 164 Å². The fraction of sp³-hybridized carbons (Fsp3) is 0.500. The van der Waals surface area contributed by atoms with Crippen molar-refractivity contribution in [2.75, 3.05) is 14.2 Å². The minimum atomic E-state index is -4.86. The van der Waals surface area contributed by atoms with E-state index in [4.69, 9.17) is 21.1 Å². The molecule has 0 saturated heterocycles. The second-order valence-electron chi connectivity index (χ2n) is 6.65. The maximum Gasteiger partial charge on any atom is 0.471 e. The highest BCUT2D eigenvalue weighted by atomic mass is 35.5. The van der Waals surface area contributed by atoms with Crippen molar-refractivity contribution in [3.8, 4) is 11.5 Å². The van der Waals surface area contributed by atoms with Crippen LogP contribution in [0, 0.1) is 0 Å². The SMILES string of the molecule is COc1cc2ncnc(Cl)c2cc1O[C@H]1CC[C@H](N(C)C(=O)C(F)(F)F)CC1. The molecule has 0 aliphatic heterocycles. The Morgan fingerprint density at radius 3 is 2.46 bits per heavy atom. The number of aromatic nitrogens is 2. The zero-order valence-electron chi connectivity index (χ0n) is 15.3. The van der Waals surface area contributed by atoms with Crippen LogP contribution in [0.5, 0.6) is 11.5 Å². The van der Waals surface area contributed by atoms with Gasteiger partial charge in [0.25, 0.3) is 0 Å². The Hall–Kier alpha value is -2.29. The molecule has 0 radical (unpaired) electrons. The predicted molar refractivity (Wildman–Crippen MR) is 96.6 cm³/mol. The third-order valence-electron chi connectivity index (χ3n) is 4.92. The third-order valence-corrected chi connectivity index (χ3v) is 5.22. The molecule has 2 aromatic rings. The van der Waals surface area contributed by atoms with E-state index in [9.17, 15) is 18.0 Å². The molecular formula is C18H19ClF3N3O3. The number of fused-ring (bicyclic) bond motifs is 1. The van der Waals surface area contributed by atoms with Crippen LogP contribution in [-0.2, 0) is 4.79 Å². The Balaban J connectivity index is 1.69. The molecule has 1 aromatic carbocycles. The highest BCUT2D eigenvalue weighted by molar-refractivity contribution is 6.34. The Bertz CT molecular complexity index is 870. The van der Waals surface area contributed by atoms with Crippen LogP contribution in [0.25, 0.3) is 10.9 Å². The standard InChI is InChI=1S/C18H19ClF3N3O3/c1-25(17(26)18(20,21)22)10-3-5-11(6-4-10)28-15-7-12-13(8-14(15)27-2)23-9-24-16(12)19/h7-11H,3-6H2,1-2H3/t10-,11-. The van der Waals surface area contributed by atoms with E-state index < -0.39 is 18.1 Å². The Morgan fingerprint density at radius 1 is 1.18 bits per heavy atom. The van der Waals surface area contributed by atoms with Gasteiger partial charge in [-0.25, -0.2) is 9.97 Å². The van der Waals surface area contributed by atoms with Crippen molar-refractivity contribution in [2.24, 2.45) is 0 Å². The van der Waals surface area contributed by atoms with E-state index in [2.05, 4.69) is 9.97 Å². The summed E-state index contributed by atoms with van der Waals surface area (Å²) in [6.07, 6.45) is -1.85. The van der Waals surface area contributed by atoms with Gasteiger partial charge in [-0.05, 0) is 31.7 Å². The van der Waals surface area contributed by atoms with Gasteiger partial charge in [-0.3, -0.25) is 4.79 Å². The van der Waals surface area contributed by atoms with Crippen molar-refractivity contribution in [2.45, 2.75) is 44.0 Å². The quantitative estimate of drug-likeness (QED) is 0.703. The molecule has 0 bridgehead atoms. The molecule has 28 heavy (non-hydrogen) atoms. The number of methoxy groups -OCH3 is 1. The first-order chi connectivity index (χ1) is 13.2. The van der Waals surface area contributed by atoms with Crippen LogP contribution >= 0.6 is 11.6 Å². The predicted octanol–water partition coefficient (Wildman–Crippen LogP) is 4.00. The van der Waals surface area contributed by atoms with Gasteiger partial charge >= 0.3 is 12.1 Å². The van der Waals surface area contributed by atoms with E-state index in [1.165, 1.54) is 20.5 Å². The number of alkyl halides is 3. The minimum Gasteiger partial charge on any atom is -0.493 e. The highest BCUT2D eigenvalue weighted by Gasteiger charge is 2.43. The normalized spacial score (nSPS) is 20.1. The van der Waals surface area contributed by atoms with Gasteiger partial charge < -0.3 is 14.4 Å². The second-order valence-corrected chi connectivity index (χ2v) is 7.00. The van der Waals surface area contributed by atoms with Crippen molar-refractivity contribution in [1.82, 2.24) is 14.9 Å². The highest BCUT2D eigenvalue weighted by Crippen LogP contribution is 2.36. The number of carbonyl (C=O) groups excluding carboxylic acids is 1. The summed E-state index contributed by atoms with van der Waals surface area (Å²) in [6, 6.07) is 2.93. The molecule has 6 nitrogen and oxygen atoms in total. The monoisotopic (exact) mass is 417 g/mol. The summed E-state index contributed by atoms with van der Waals surface area (Å²) in [6.45, 7) is 0. The number of halogens is 4. The molecule has 0 atom stereocenters. The molecule has 1 aliphatic rings. The van der Waals surface area contributed by atoms with Gasteiger partial charge in [-0.2, -0.15) is 13.2 Å². The number of rotatable bonds is 4. The third kappa shape index (κ3) is 4.24. The topological polar surface area (TPSA) is 64.6 Å². The maximum absolute atomic E-state index is 12.6. The van der Waals surface area contributed by atoms with Gasteiger partial charge in [0.15, 0.2) is 11.5 Å². The Morgan fingerprint density at radius 2 is 1.86 bits per heavy atom. The summed E-state index contributed by atoms with van der Waals surface area (Å²) in [5.74, 6) is -0.869. The first-order valence-electron chi connectivity index (χ1n) is 8.69. The molecule has 0 unspecified atom stereocenters. The number of carbonyl (C=O) groups is 1. The second kappa shape index (κ2) is 7.98. The minimum absolute atomic E-state index is 0.208.